The number of phosphoric ester groups is 1. The number of carbonyl (C=O) groups is 2. The molecule has 13 atom stereocenters. The molecule has 0 amide bonds. The molecular weight excluding hydrogens is 944 g/mol. The molecule has 0 spiro atoms. The molecule has 0 radical (unpaired) electrons. The van der Waals surface area contributed by atoms with Gasteiger partial charge in [-0.05, 0) is 38.5 Å². The van der Waals surface area contributed by atoms with Crippen molar-refractivity contribution in [1.82, 2.24) is 0 Å². The van der Waals surface area contributed by atoms with Gasteiger partial charge in [0.25, 0.3) is 0 Å². The van der Waals surface area contributed by atoms with Crippen LogP contribution in [0.25, 0.3) is 0 Å². The van der Waals surface area contributed by atoms with E-state index in [2.05, 4.69) is 26.0 Å². The summed E-state index contributed by atoms with van der Waals surface area (Å²) < 4.78 is 45.6. The van der Waals surface area contributed by atoms with Crippen molar-refractivity contribution in [2.75, 3.05) is 19.8 Å². The fraction of sp³-hybridized carbons (Fsp3) is 0.923. The number of allylic oxidation sites excluding steroid dienone is 2. The summed E-state index contributed by atoms with van der Waals surface area (Å²) in [5.74, 6) is -1.22. The molecule has 1 saturated heterocycles. The van der Waals surface area contributed by atoms with E-state index in [1.807, 2.05) is 0 Å². The van der Waals surface area contributed by atoms with Crippen molar-refractivity contribution in [1.29, 1.82) is 0 Å². The molecule has 18 nitrogen and oxygen atoms in total. The first-order valence-corrected chi connectivity index (χ1v) is 29.0. The van der Waals surface area contributed by atoms with Crippen LogP contribution in [0.2, 0.25) is 0 Å². The summed E-state index contributed by atoms with van der Waals surface area (Å²) in [6.07, 6.45) is 14.2. The van der Waals surface area contributed by atoms with E-state index in [0.717, 1.165) is 64.2 Å². The van der Waals surface area contributed by atoms with Crippen molar-refractivity contribution in [3.63, 3.8) is 0 Å². The number of unbranched alkanes of at least 4 members (excludes halogenated alkanes) is 26. The van der Waals surface area contributed by atoms with Gasteiger partial charge in [-0.1, -0.05) is 174 Å². The fourth-order valence-electron chi connectivity index (χ4n) is 8.93. The molecule has 1 aliphatic carbocycles. The second-order valence-electron chi connectivity index (χ2n) is 19.8. The van der Waals surface area contributed by atoms with E-state index >= 15 is 0 Å². The molecule has 418 valence electrons. The maximum atomic E-state index is 13.4. The number of phosphoric acid groups is 1. The minimum atomic E-state index is -5.38. The maximum absolute atomic E-state index is 13.4. The molecular formula is C52H97O18P. The molecule has 0 bridgehead atoms. The molecule has 19 heteroatoms. The minimum absolute atomic E-state index is 0.0360. The third kappa shape index (κ3) is 28.2. The molecule has 6 unspecified atom stereocenters. The number of rotatable bonds is 43. The first kappa shape index (κ1) is 65.5. The Morgan fingerprint density at radius 3 is 1.39 bits per heavy atom. The van der Waals surface area contributed by atoms with E-state index < -0.39 is 113 Å². The Balaban J connectivity index is 1.91. The summed E-state index contributed by atoms with van der Waals surface area (Å²) in [7, 11) is -5.38. The predicted octanol–water partition coefficient (Wildman–Crippen LogP) is 7.28. The fourth-order valence-corrected chi connectivity index (χ4v) is 9.90. The van der Waals surface area contributed by atoms with Crippen molar-refractivity contribution >= 4 is 19.8 Å². The lowest BCUT2D eigenvalue weighted by molar-refractivity contribution is -0.338. The molecule has 71 heavy (non-hydrogen) atoms. The van der Waals surface area contributed by atoms with Crippen molar-refractivity contribution in [2.24, 2.45) is 0 Å². The Kier molecular flexibility index (Phi) is 36.7. The van der Waals surface area contributed by atoms with Crippen LogP contribution in [-0.4, -0.2) is 151 Å². The number of hydrogen-bond acceptors (Lipinski definition) is 17. The first-order chi connectivity index (χ1) is 34.2. The molecule has 1 heterocycles. The average Bonchev–Trinajstić information content (AvgIpc) is 3.35. The van der Waals surface area contributed by atoms with Crippen LogP contribution in [0, 0.1) is 0 Å². The van der Waals surface area contributed by atoms with Crippen LogP contribution < -0.4 is 0 Å². The number of aliphatic hydroxyl groups excluding tert-OH is 8. The van der Waals surface area contributed by atoms with Gasteiger partial charge >= 0.3 is 19.8 Å². The SMILES string of the molecule is CCCCCCCCC/C=C\CCCCCCCC(=O)OC[C@H](COP(=O)(O)O[C@@H]1C(O)C(O)[C@@H](O)C(O)[C@H]1O[C@H]1OC(CO)[C@@H](O)C(O)[C@H]1O)OC(=O)CCCCCCCCCCCCCCCCC. The van der Waals surface area contributed by atoms with E-state index in [4.69, 9.17) is 28.0 Å². The Morgan fingerprint density at radius 2 is 0.930 bits per heavy atom. The predicted molar refractivity (Wildman–Crippen MR) is 268 cm³/mol. The molecule has 1 saturated carbocycles. The van der Waals surface area contributed by atoms with Gasteiger partial charge in [-0.2, -0.15) is 0 Å². The molecule has 2 aliphatic rings. The van der Waals surface area contributed by atoms with E-state index in [1.54, 1.807) is 0 Å². The van der Waals surface area contributed by atoms with Gasteiger partial charge in [0, 0.05) is 12.8 Å². The highest BCUT2D eigenvalue weighted by Gasteiger charge is 2.55. The lowest BCUT2D eigenvalue weighted by Crippen LogP contribution is -2.67. The van der Waals surface area contributed by atoms with E-state index in [1.165, 1.54) is 109 Å². The third-order valence-electron chi connectivity index (χ3n) is 13.5. The Bertz CT molecular complexity index is 1420. The molecule has 0 aromatic heterocycles. The van der Waals surface area contributed by atoms with Crippen LogP contribution in [0.3, 0.4) is 0 Å². The van der Waals surface area contributed by atoms with Crippen LogP contribution in [0.15, 0.2) is 12.2 Å². The molecule has 0 aromatic rings. The lowest BCUT2D eigenvalue weighted by Gasteiger charge is -2.47. The summed E-state index contributed by atoms with van der Waals surface area (Å²) >= 11 is 0. The molecule has 2 rings (SSSR count). The Morgan fingerprint density at radius 1 is 0.521 bits per heavy atom. The van der Waals surface area contributed by atoms with Gasteiger partial charge in [0.1, 0.15) is 67.6 Å². The Labute approximate surface area is 424 Å². The standard InChI is InChI=1S/C52H97O18P/c1-3-5-7-9-11-13-15-17-19-21-22-24-26-28-30-32-34-41(54)65-37-39(67-42(55)35-33-31-29-27-25-23-20-18-16-14-12-10-8-6-4-2)38-66-71(63,64)70-51-48(61)46(59)45(58)47(60)50(51)69-52-49(62)44(57)43(56)40(36-53)68-52/h19,21,39-40,43-53,56-62H,3-18,20,22-38H2,1-2H3,(H,63,64)/b21-19-/t39-,40?,43-,44?,45-,46?,47?,48?,49-,50-,51-,52-/m1/s1. The van der Waals surface area contributed by atoms with Crippen molar-refractivity contribution in [2.45, 2.75) is 286 Å². The number of esters is 2. The highest BCUT2D eigenvalue weighted by molar-refractivity contribution is 7.47. The van der Waals surface area contributed by atoms with E-state index in [-0.39, 0.29) is 12.8 Å². The minimum Gasteiger partial charge on any atom is -0.462 e. The topological polar surface area (TPSA) is 289 Å². The zero-order valence-corrected chi connectivity index (χ0v) is 44.2. The van der Waals surface area contributed by atoms with Crippen molar-refractivity contribution < 1.29 is 87.9 Å². The molecule has 0 aromatic carbocycles. The van der Waals surface area contributed by atoms with Gasteiger partial charge in [0.15, 0.2) is 12.4 Å². The van der Waals surface area contributed by atoms with Crippen LogP contribution in [0.4, 0.5) is 0 Å². The van der Waals surface area contributed by atoms with E-state index in [9.17, 15) is 59.9 Å². The first-order valence-electron chi connectivity index (χ1n) is 27.5. The highest BCUT2D eigenvalue weighted by Crippen LogP contribution is 2.48. The molecule has 9 N–H and O–H groups in total. The number of hydrogen-bond donors (Lipinski definition) is 9. The summed E-state index contributed by atoms with van der Waals surface area (Å²) in [6.45, 7) is 2.25. The normalized spacial score (nSPS) is 27.2. The van der Waals surface area contributed by atoms with Crippen LogP contribution in [-0.2, 0) is 42.1 Å². The van der Waals surface area contributed by atoms with Gasteiger partial charge in [0.05, 0.1) is 13.2 Å². The Hall–Kier alpha value is -1.61. The van der Waals surface area contributed by atoms with E-state index in [0.29, 0.717) is 12.8 Å². The van der Waals surface area contributed by atoms with Gasteiger partial charge in [-0.25, -0.2) is 4.57 Å². The second-order valence-corrected chi connectivity index (χ2v) is 21.2. The zero-order valence-electron chi connectivity index (χ0n) is 43.3. The summed E-state index contributed by atoms with van der Waals surface area (Å²) in [5, 5.41) is 83.1. The number of aliphatic hydroxyl groups is 8. The van der Waals surface area contributed by atoms with Crippen LogP contribution >= 0.6 is 7.82 Å². The highest BCUT2D eigenvalue weighted by atomic mass is 31.2. The smallest absolute Gasteiger partial charge is 0.462 e. The van der Waals surface area contributed by atoms with Crippen LogP contribution in [0.1, 0.15) is 213 Å². The number of carbonyl (C=O) groups excluding carboxylic acids is 2. The van der Waals surface area contributed by atoms with Gasteiger partial charge < -0.3 is 64.7 Å². The monoisotopic (exact) mass is 1040 g/mol. The number of ether oxygens (including phenoxy) is 4. The van der Waals surface area contributed by atoms with Gasteiger partial charge in [-0.3, -0.25) is 18.6 Å². The quantitative estimate of drug-likeness (QED) is 0.0126. The summed E-state index contributed by atoms with van der Waals surface area (Å²) in [4.78, 5) is 36.6. The van der Waals surface area contributed by atoms with Gasteiger partial charge in [0.2, 0.25) is 0 Å². The molecule has 2 fully saturated rings. The van der Waals surface area contributed by atoms with Gasteiger partial charge in [-0.15, -0.1) is 0 Å². The summed E-state index contributed by atoms with van der Waals surface area (Å²) in [5.41, 5.74) is 0. The third-order valence-corrected chi connectivity index (χ3v) is 14.5. The second kappa shape index (κ2) is 39.8. The zero-order chi connectivity index (χ0) is 52.3. The van der Waals surface area contributed by atoms with Crippen molar-refractivity contribution in [3.8, 4) is 0 Å². The maximum Gasteiger partial charge on any atom is 0.472 e. The lowest BCUT2D eigenvalue weighted by atomic mass is 9.84. The average molecular weight is 1040 g/mol. The molecule has 1 aliphatic heterocycles. The van der Waals surface area contributed by atoms with Crippen molar-refractivity contribution in [3.05, 3.63) is 12.2 Å². The largest absolute Gasteiger partial charge is 0.472 e. The van der Waals surface area contributed by atoms with Crippen LogP contribution in [0.5, 0.6) is 0 Å². The summed E-state index contributed by atoms with van der Waals surface area (Å²) in [6, 6.07) is 0.